The van der Waals surface area contributed by atoms with Gasteiger partial charge in [0.2, 0.25) is 0 Å². The van der Waals surface area contributed by atoms with Crippen LogP contribution in [0.5, 0.6) is 0 Å². The fourth-order valence-corrected chi connectivity index (χ4v) is 1.99. The van der Waals surface area contributed by atoms with Crippen LogP contribution >= 0.6 is 0 Å². The van der Waals surface area contributed by atoms with Gasteiger partial charge in [-0.3, -0.25) is 0 Å². The van der Waals surface area contributed by atoms with E-state index in [4.69, 9.17) is 5.73 Å². The summed E-state index contributed by atoms with van der Waals surface area (Å²) in [5.74, 6) is 5.69. The lowest BCUT2D eigenvalue weighted by Gasteiger charge is -2.32. The predicted molar refractivity (Wildman–Crippen MR) is 53.0 cm³/mol. The highest BCUT2D eigenvalue weighted by atomic mass is 19.1. The summed E-state index contributed by atoms with van der Waals surface area (Å²) in [6, 6.07) is 0.0633. The predicted octanol–water partition coefficient (Wildman–Crippen LogP) is 2.40. The van der Waals surface area contributed by atoms with Gasteiger partial charge in [-0.05, 0) is 39.0 Å². The van der Waals surface area contributed by atoms with Crippen molar-refractivity contribution in [1.82, 2.24) is 0 Å². The molecular formula is C11H18FN. The topological polar surface area (TPSA) is 26.0 Å². The molecule has 0 aromatic rings. The van der Waals surface area contributed by atoms with Crippen molar-refractivity contribution in [2.75, 3.05) is 0 Å². The molecule has 0 saturated heterocycles. The van der Waals surface area contributed by atoms with Crippen LogP contribution in [-0.4, -0.2) is 11.7 Å². The summed E-state index contributed by atoms with van der Waals surface area (Å²) < 4.78 is 14.0. The van der Waals surface area contributed by atoms with E-state index in [1.54, 1.807) is 6.92 Å². The Bertz CT molecular complexity index is 216. The maximum atomic E-state index is 14.0. The first-order valence-electron chi connectivity index (χ1n) is 5.00. The highest BCUT2D eigenvalue weighted by molar-refractivity contribution is 4.98. The lowest BCUT2D eigenvalue weighted by molar-refractivity contribution is 0.0879. The van der Waals surface area contributed by atoms with Crippen LogP contribution in [0.4, 0.5) is 4.39 Å². The zero-order valence-electron chi connectivity index (χ0n) is 8.28. The number of halogens is 1. The number of hydrogen-bond donors (Lipinski definition) is 1. The highest BCUT2D eigenvalue weighted by Crippen LogP contribution is 2.34. The normalized spacial score (nSPS) is 33.6. The van der Waals surface area contributed by atoms with Gasteiger partial charge in [0.1, 0.15) is 5.67 Å². The van der Waals surface area contributed by atoms with E-state index in [1.165, 1.54) is 0 Å². The van der Waals surface area contributed by atoms with Crippen molar-refractivity contribution in [2.24, 2.45) is 5.73 Å². The molecule has 0 aliphatic heterocycles. The molecule has 1 fully saturated rings. The van der Waals surface area contributed by atoms with Crippen molar-refractivity contribution in [1.29, 1.82) is 0 Å². The number of alkyl halides is 1. The molecule has 0 amide bonds. The highest BCUT2D eigenvalue weighted by Gasteiger charge is 2.34. The van der Waals surface area contributed by atoms with Crippen LogP contribution in [-0.2, 0) is 0 Å². The van der Waals surface area contributed by atoms with Crippen LogP contribution < -0.4 is 5.73 Å². The van der Waals surface area contributed by atoms with Gasteiger partial charge in [0.25, 0.3) is 0 Å². The minimum atomic E-state index is -1.03. The Morgan fingerprint density at radius 1 is 1.62 bits per heavy atom. The molecule has 2 atom stereocenters. The van der Waals surface area contributed by atoms with Gasteiger partial charge in [-0.15, -0.1) is 11.8 Å². The van der Waals surface area contributed by atoms with E-state index in [1.807, 2.05) is 0 Å². The molecule has 1 saturated carbocycles. The minimum Gasteiger partial charge on any atom is -0.328 e. The smallest absolute Gasteiger partial charge is 0.113 e. The van der Waals surface area contributed by atoms with E-state index in [2.05, 4.69) is 11.8 Å². The Kier molecular flexibility index (Phi) is 3.74. The molecule has 0 aromatic heterocycles. The van der Waals surface area contributed by atoms with Crippen LogP contribution in [0.1, 0.15) is 45.4 Å². The third-order valence-corrected chi connectivity index (χ3v) is 2.70. The standard InChI is InChI=1S/C11H18FN/c1-2-3-4-7-11(12)8-5-6-10(13)9-11/h10H,4-9,13H2,1H3. The maximum absolute atomic E-state index is 14.0. The number of hydrogen-bond acceptors (Lipinski definition) is 1. The van der Waals surface area contributed by atoms with Crippen LogP contribution in [0.25, 0.3) is 0 Å². The molecule has 0 aromatic carbocycles. The molecule has 13 heavy (non-hydrogen) atoms. The summed E-state index contributed by atoms with van der Waals surface area (Å²) in [5.41, 5.74) is 4.71. The molecule has 1 aliphatic rings. The van der Waals surface area contributed by atoms with Gasteiger partial charge in [0, 0.05) is 12.5 Å². The lowest BCUT2D eigenvalue weighted by Crippen LogP contribution is -2.37. The lowest BCUT2D eigenvalue weighted by atomic mass is 9.81. The van der Waals surface area contributed by atoms with Gasteiger partial charge in [-0.2, -0.15) is 0 Å². The van der Waals surface area contributed by atoms with Crippen LogP contribution in [0.3, 0.4) is 0 Å². The Balaban J connectivity index is 2.38. The first-order chi connectivity index (χ1) is 6.16. The molecule has 2 N–H and O–H groups in total. The van der Waals surface area contributed by atoms with Gasteiger partial charge >= 0.3 is 0 Å². The fraction of sp³-hybridized carbons (Fsp3) is 0.818. The van der Waals surface area contributed by atoms with E-state index in [0.29, 0.717) is 25.7 Å². The first kappa shape index (κ1) is 10.5. The van der Waals surface area contributed by atoms with E-state index in [9.17, 15) is 4.39 Å². The van der Waals surface area contributed by atoms with Crippen LogP contribution in [0.2, 0.25) is 0 Å². The molecule has 74 valence electrons. The summed E-state index contributed by atoms with van der Waals surface area (Å²) in [5, 5.41) is 0. The van der Waals surface area contributed by atoms with Gasteiger partial charge in [-0.1, -0.05) is 0 Å². The van der Waals surface area contributed by atoms with Crippen LogP contribution in [0.15, 0.2) is 0 Å². The number of nitrogens with two attached hydrogens (primary N) is 1. The monoisotopic (exact) mass is 183 g/mol. The second kappa shape index (κ2) is 4.62. The molecule has 0 bridgehead atoms. The minimum absolute atomic E-state index is 0.0633. The average molecular weight is 183 g/mol. The van der Waals surface area contributed by atoms with Crippen molar-refractivity contribution in [2.45, 2.75) is 57.2 Å². The third kappa shape index (κ3) is 3.36. The molecule has 0 radical (unpaired) electrons. The Morgan fingerprint density at radius 3 is 3.00 bits per heavy atom. The second-order valence-corrected chi connectivity index (χ2v) is 3.93. The van der Waals surface area contributed by atoms with Crippen molar-refractivity contribution in [3.8, 4) is 11.8 Å². The summed E-state index contributed by atoms with van der Waals surface area (Å²) in [6.45, 7) is 1.79. The van der Waals surface area contributed by atoms with E-state index >= 15 is 0 Å². The molecular weight excluding hydrogens is 165 g/mol. The zero-order chi connectivity index (χ0) is 9.73. The van der Waals surface area contributed by atoms with Crippen molar-refractivity contribution < 1.29 is 4.39 Å². The molecule has 0 spiro atoms. The van der Waals surface area contributed by atoms with Crippen LogP contribution in [0, 0.1) is 11.8 Å². The van der Waals surface area contributed by atoms with Crippen molar-refractivity contribution >= 4 is 0 Å². The quantitative estimate of drug-likeness (QED) is 0.654. The molecule has 1 rings (SSSR count). The molecule has 1 aliphatic carbocycles. The average Bonchev–Trinajstić information content (AvgIpc) is 2.04. The number of rotatable bonds is 2. The third-order valence-electron chi connectivity index (χ3n) is 2.70. The van der Waals surface area contributed by atoms with Crippen molar-refractivity contribution in [3.05, 3.63) is 0 Å². The fourth-order valence-electron chi connectivity index (χ4n) is 1.99. The Hall–Kier alpha value is -0.550. The largest absolute Gasteiger partial charge is 0.328 e. The molecule has 2 heteroatoms. The van der Waals surface area contributed by atoms with E-state index < -0.39 is 5.67 Å². The van der Waals surface area contributed by atoms with Gasteiger partial charge in [0.15, 0.2) is 0 Å². The Labute approximate surface area is 79.9 Å². The van der Waals surface area contributed by atoms with Crippen molar-refractivity contribution in [3.63, 3.8) is 0 Å². The summed E-state index contributed by atoms with van der Waals surface area (Å²) in [4.78, 5) is 0. The Morgan fingerprint density at radius 2 is 2.38 bits per heavy atom. The van der Waals surface area contributed by atoms with E-state index in [0.717, 1.165) is 12.8 Å². The molecule has 0 heterocycles. The molecule has 2 unspecified atom stereocenters. The van der Waals surface area contributed by atoms with E-state index in [-0.39, 0.29) is 6.04 Å². The zero-order valence-corrected chi connectivity index (χ0v) is 8.28. The maximum Gasteiger partial charge on any atom is 0.113 e. The molecule has 1 nitrogen and oxygen atoms in total. The van der Waals surface area contributed by atoms with Gasteiger partial charge in [0.05, 0.1) is 0 Å². The first-order valence-corrected chi connectivity index (χ1v) is 5.00. The van der Waals surface area contributed by atoms with Gasteiger partial charge < -0.3 is 5.73 Å². The second-order valence-electron chi connectivity index (χ2n) is 3.93. The summed E-state index contributed by atoms with van der Waals surface area (Å²) in [6.07, 6.45) is 4.33. The SMILES string of the molecule is CC#CCCC1(F)CCCC(N)C1. The van der Waals surface area contributed by atoms with Gasteiger partial charge in [-0.25, -0.2) is 4.39 Å². The summed E-state index contributed by atoms with van der Waals surface area (Å²) >= 11 is 0. The summed E-state index contributed by atoms with van der Waals surface area (Å²) in [7, 11) is 0.